The molecule has 0 atom stereocenters. The third-order valence-corrected chi connectivity index (χ3v) is 2.09. The second-order valence-electron chi connectivity index (χ2n) is 4.00. The highest BCUT2D eigenvalue weighted by molar-refractivity contribution is 5.83. The number of carboxylic acids is 1. The zero-order valence-corrected chi connectivity index (χ0v) is 8.96. The standard InChI is InChI=1S/C10H16N2O2/c1-5(2)7-8(6(3)4)12-9(11-7)10(13)14/h5-6H,1-4H3,(H,11,12)(H,13,14). The van der Waals surface area contributed by atoms with Crippen molar-refractivity contribution in [3.8, 4) is 0 Å². The molecule has 0 bridgehead atoms. The average molecular weight is 196 g/mol. The second-order valence-corrected chi connectivity index (χ2v) is 4.00. The fourth-order valence-electron chi connectivity index (χ4n) is 1.38. The van der Waals surface area contributed by atoms with Crippen molar-refractivity contribution in [2.45, 2.75) is 39.5 Å². The van der Waals surface area contributed by atoms with Crippen molar-refractivity contribution in [2.75, 3.05) is 0 Å². The lowest BCUT2D eigenvalue weighted by atomic mass is 10.0. The predicted molar refractivity (Wildman–Crippen MR) is 53.7 cm³/mol. The van der Waals surface area contributed by atoms with Gasteiger partial charge in [0.15, 0.2) is 0 Å². The largest absolute Gasteiger partial charge is 0.475 e. The fourth-order valence-corrected chi connectivity index (χ4v) is 1.38. The summed E-state index contributed by atoms with van der Waals surface area (Å²) in [5, 5.41) is 8.79. The van der Waals surface area contributed by atoms with E-state index in [1.165, 1.54) is 0 Å². The Morgan fingerprint density at radius 3 is 2.14 bits per heavy atom. The van der Waals surface area contributed by atoms with Gasteiger partial charge in [0.05, 0.1) is 5.69 Å². The average Bonchev–Trinajstić information content (AvgIpc) is 2.47. The van der Waals surface area contributed by atoms with E-state index < -0.39 is 5.97 Å². The van der Waals surface area contributed by atoms with Crippen molar-refractivity contribution in [1.82, 2.24) is 9.97 Å². The number of aromatic amines is 1. The first kappa shape index (κ1) is 10.8. The smallest absolute Gasteiger partial charge is 0.371 e. The molecule has 0 spiro atoms. The lowest BCUT2D eigenvalue weighted by molar-refractivity contribution is 0.0684. The maximum atomic E-state index is 10.7. The SMILES string of the molecule is CC(C)c1nc(C(=O)O)[nH]c1C(C)C. The van der Waals surface area contributed by atoms with E-state index in [0.717, 1.165) is 11.4 Å². The van der Waals surface area contributed by atoms with E-state index in [2.05, 4.69) is 9.97 Å². The first-order valence-electron chi connectivity index (χ1n) is 4.76. The number of H-pyrrole nitrogens is 1. The molecule has 0 fully saturated rings. The lowest BCUT2D eigenvalue weighted by Gasteiger charge is -2.07. The van der Waals surface area contributed by atoms with E-state index in [-0.39, 0.29) is 17.7 Å². The summed E-state index contributed by atoms with van der Waals surface area (Å²) in [5.41, 5.74) is 1.79. The van der Waals surface area contributed by atoms with Gasteiger partial charge in [-0.3, -0.25) is 0 Å². The molecule has 1 aromatic heterocycles. The number of rotatable bonds is 3. The molecule has 4 heteroatoms. The first-order valence-corrected chi connectivity index (χ1v) is 4.76. The lowest BCUT2D eigenvalue weighted by Crippen LogP contribution is -1.99. The zero-order valence-electron chi connectivity index (χ0n) is 8.96. The van der Waals surface area contributed by atoms with Crippen LogP contribution in [0.15, 0.2) is 0 Å². The third-order valence-electron chi connectivity index (χ3n) is 2.09. The van der Waals surface area contributed by atoms with Gasteiger partial charge in [0.1, 0.15) is 0 Å². The molecule has 0 aliphatic rings. The summed E-state index contributed by atoms with van der Waals surface area (Å²) < 4.78 is 0. The first-order chi connectivity index (χ1) is 6.43. The van der Waals surface area contributed by atoms with Gasteiger partial charge in [-0.05, 0) is 11.8 Å². The van der Waals surface area contributed by atoms with Crippen LogP contribution in [-0.2, 0) is 0 Å². The Balaban J connectivity index is 3.19. The van der Waals surface area contributed by atoms with E-state index in [9.17, 15) is 4.79 Å². The number of carboxylic acid groups (broad SMARTS) is 1. The Morgan fingerprint density at radius 2 is 1.86 bits per heavy atom. The van der Waals surface area contributed by atoms with Crippen molar-refractivity contribution in [3.05, 3.63) is 17.2 Å². The molecule has 0 saturated carbocycles. The molecular weight excluding hydrogens is 180 g/mol. The van der Waals surface area contributed by atoms with Gasteiger partial charge in [-0.15, -0.1) is 0 Å². The van der Waals surface area contributed by atoms with Gasteiger partial charge in [-0.25, -0.2) is 9.78 Å². The van der Waals surface area contributed by atoms with Crippen LogP contribution in [-0.4, -0.2) is 21.0 Å². The molecule has 14 heavy (non-hydrogen) atoms. The highest BCUT2D eigenvalue weighted by Gasteiger charge is 2.18. The van der Waals surface area contributed by atoms with E-state index in [1.54, 1.807) is 0 Å². The number of imidazole rings is 1. The summed E-state index contributed by atoms with van der Waals surface area (Å²) in [6, 6.07) is 0. The van der Waals surface area contributed by atoms with Crippen molar-refractivity contribution in [3.63, 3.8) is 0 Å². The molecule has 1 rings (SSSR count). The molecule has 78 valence electrons. The molecule has 0 unspecified atom stereocenters. The molecule has 0 saturated heterocycles. The summed E-state index contributed by atoms with van der Waals surface area (Å²) >= 11 is 0. The van der Waals surface area contributed by atoms with Crippen molar-refractivity contribution in [2.24, 2.45) is 0 Å². The summed E-state index contributed by atoms with van der Waals surface area (Å²) in [7, 11) is 0. The molecule has 0 amide bonds. The molecule has 0 aromatic carbocycles. The van der Waals surface area contributed by atoms with E-state index in [4.69, 9.17) is 5.11 Å². The van der Waals surface area contributed by atoms with Gasteiger partial charge in [-0.2, -0.15) is 0 Å². The normalized spacial score (nSPS) is 11.3. The molecule has 4 nitrogen and oxygen atoms in total. The van der Waals surface area contributed by atoms with E-state index in [1.807, 2.05) is 27.7 Å². The number of aromatic nitrogens is 2. The Hall–Kier alpha value is -1.32. The maximum absolute atomic E-state index is 10.7. The molecule has 1 heterocycles. The highest BCUT2D eigenvalue weighted by Crippen LogP contribution is 2.23. The Kier molecular flexibility index (Phi) is 2.93. The van der Waals surface area contributed by atoms with Crippen LogP contribution in [0.4, 0.5) is 0 Å². The summed E-state index contributed by atoms with van der Waals surface area (Å²) in [6.07, 6.45) is 0. The van der Waals surface area contributed by atoms with Crippen LogP contribution < -0.4 is 0 Å². The molecular formula is C10H16N2O2. The van der Waals surface area contributed by atoms with Gasteiger partial charge in [0.2, 0.25) is 5.82 Å². The predicted octanol–water partition coefficient (Wildman–Crippen LogP) is 2.35. The molecule has 2 N–H and O–H groups in total. The minimum absolute atomic E-state index is 0.0393. The van der Waals surface area contributed by atoms with Crippen LogP contribution >= 0.6 is 0 Å². The van der Waals surface area contributed by atoms with Crippen molar-refractivity contribution >= 4 is 5.97 Å². The number of hydrogen-bond acceptors (Lipinski definition) is 2. The quantitative estimate of drug-likeness (QED) is 0.779. The van der Waals surface area contributed by atoms with Gasteiger partial charge in [0, 0.05) is 5.69 Å². The van der Waals surface area contributed by atoms with Gasteiger partial charge < -0.3 is 10.1 Å². The summed E-state index contributed by atoms with van der Waals surface area (Å²) in [5.74, 6) is -0.444. The Morgan fingerprint density at radius 1 is 1.29 bits per heavy atom. The minimum atomic E-state index is -1.00. The third kappa shape index (κ3) is 1.95. The topological polar surface area (TPSA) is 66.0 Å². The summed E-state index contributed by atoms with van der Waals surface area (Å²) in [6.45, 7) is 8.05. The van der Waals surface area contributed by atoms with E-state index >= 15 is 0 Å². The van der Waals surface area contributed by atoms with E-state index in [0.29, 0.717) is 0 Å². The van der Waals surface area contributed by atoms with Crippen molar-refractivity contribution < 1.29 is 9.90 Å². The number of nitrogens with one attached hydrogen (secondary N) is 1. The van der Waals surface area contributed by atoms with Gasteiger partial charge in [0.25, 0.3) is 0 Å². The second kappa shape index (κ2) is 3.82. The van der Waals surface area contributed by atoms with Gasteiger partial charge in [-0.1, -0.05) is 27.7 Å². The van der Waals surface area contributed by atoms with Crippen LogP contribution in [0.5, 0.6) is 0 Å². The number of carbonyl (C=O) groups is 1. The van der Waals surface area contributed by atoms with Crippen LogP contribution in [0.25, 0.3) is 0 Å². The Labute approximate surface area is 83.4 Å². The maximum Gasteiger partial charge on any atom is 0.371 e. The highest BCUT2D eigenvalue weighted by atomic mass is 16.4. The number of nitrogens with zero attached hydrogens (tertiary/aromatic N) is 1. The van der Waals surface area contributed by atoms with Crippen LogP contribution in [0.2, 0.25) is 0 Å². The fraction of sp³-hybridized carbons (Fsp3) is 0.600. The Bertz CT molecular complexity index is 314. The van der Waals surface area contributed by atoms with Crippen molar-refractivity contribution in [1.29, 1.82) is 0 Å². The summed E-state index contributed by atoms with van der Waals surface area (Å²) in [4.78, 5) is 17.6. The van der Waals surface area contributed by atoms with Crippen LogP contribution in [0, 0.1) is 0 Å². The minimum Gasteiger partial charge on any atom is -0.475 e. The van der Waals surface area contributed by atoms with Crippen LogP contribution in [0.1, 0.15) is 61.5 Å². The molecule has 1 aromatic rings. The van der Waals surface area contributed by atoms with Gasteiger partial charge >= 0.3 is 5.97 Å². The van der Waals surface area contributed by atoms with Crippen LogP contribution in [0.3, 0.4) is 0 Å². The molecule has 0 radical (unpaired) electrons. The number of hydrogen-bond donors (Lipinski definition) is 2. The molecule has 0 aliphatic heterocycles. The molecule has 0 aliphatic carbocycles. The monoisotopic (exact) mass is 196 g/mol. The zero-order chi connectivity index (χ0) is 10.9. The number of aromatic carboxylic acids is 1.